The van der Waals surface area contributed by atoms with Crippen molar-refractivity contribution in [1.82, 2.24) is 0 Å². The van der Waals surface area contributed by atoms with Gasteiger partial charge in [-0.05, 0) is 30.2 Å². The van der Waals surface area contributed by atoms with Crippen molar-refractivity contribution in [3.63, 3.8) is 0 Å². The van der Waals surface area contributed by atoms with Gasteiger partial charge in [0, 0.05) is 29.7 Å². The molecule has 0 spiro atoms. The molecule has 1 aliphatic carbocycles. The van der Waals surface area contributed by atoms with E-state index in [1.165, 1.54) is 0 Å². The Kier molecular flexibility index (Phi) is 3.90. The normalized spacial score (nSPS) is 34.2. The van der Waals surface area contributed by atoms with Gasteiger partial charge in [0.05, 0.1) is 5.41 Å². The number of hydrogen-bond donors (Lipinski definition) is 1. The molecule has 5 nitrogen and oxygen atoms in total. The molecule has 2 heterocycles. The van der Waals surface area contributed by atoms with Gasteiger partial charge in [-0.1, -0.05) is 34.1 Å². The van der Waals surface area contributed by atoms with Crippen LogP contribution in [0.4, 0.5) is 0 Å². The van der Waals surface area contributed by atoms with Crippen molar-refractivity contribution in [1.29, 1.82) is 0 Å². The molecule has 0 amide bonds. The molecule has 142 valence electrons. The summed E-state index contributed by atoms with van der Waals surface area (Å²) >= 11 is 0. The Morgan fingerprint density at radius 1 is 1.35 bits per heavy atom. The summed E-state index contributed by atoms with van der Waals surface area (Å²) in [5, 5.41) is 10.9. The standard InChI is InChI=1S/C21H28O5/c1-11(2)13-9-12(10-22)14-16(15(13)23)25-18-17-20(3,4)7-6-8-21(14,17)19(24-5)26-18/h9-11,17-19,23H,6-8H2,1-5H3/t17-,18-,19-,21-/m0/s1. The Morgan fingerprint density at radius 3 is 2.69 bits per heavy atom. The van der Waals surface area contributed by atoms with Gasteiger partial charge in [-0.2, -0.15) is 0 Å². The summed E-state index contributed by atoms with van der Waals surface area (Å²) in [6.07, 6.45) is 2.86. The van der Waals surface area contributed by atoms with Crippen LogP contribution in [0.3, 0.4) is 0 Å². The first kappa shape index (κ1) is 17.8. The monoisotopic (exact) mass is 360 g/mol. The first-order valence-electron chi connectivity index (χ1n) is 9.48. The Hall–Kier alpha value is -1.59. The molecule has 1 aromatic rings. The Balaban J connectivity index is 2.04. The van der Waals surface area contributed by atoms with Crippen LogP contribution in [0.25, 0.3) is 0 Å². The van der Waals surface area contributed by atoms with Crippen LogP contribution in [-0.2, 0) is 14.9 Å². The van der Waals surface area contributed by atoms with E-state index in [9.17, 15) is 9.90 Å². The number of aldehydes is 1. The number of benzene rings is 1. The summed E-state index contributed by atoms with van der Waals surface area (Å²) in [5.74, 6) is 0.700. The van der Waals surface area contributed by atoms with Crippen molar-refractivity contribution in [2.45, 2.75) is 70.9 Å². The van der Waals surface area contributed by atoms with Crippen molar-refractivity contribution in [2.24, 2.45) is 11.3 Å². The van der Waals surface area contributed by atoms with E-state index < -0.39 is 18.0 Å². The van der Waals surface area contributed by atoms with Crippen molar-refractivity contribution in [3.8, 4) is 11.5 Å². The maximum Gasteiger partial charge on any atom is 0.207 e. The lowest BCUT2D eigenvalue weighted by Gasteiger charge is -2.52. The molecule has 2 aliphatic heterocycles. The van der Waals surface area contributed by atoms with Crippen molar-refractivity contribution in [2.75, 3.05) is 7.11 Å². The predicted octanol–water partition coefficient (Wildman–Crippen LogP) is 4.11. The molecule has 0 aromatic heterocycles. The van der Waals surface area contributed by atoms with Crippen LogP contribution in [0.1, 0.15) is 74.4 Å². The second-order valence-corrected chi connectivity index (χ2v) is 8.93. The van der Waals surface area contributed by atoms with Crippen molar-refractivity contribution < 1.29 is 24.1 Å². The van der Waals surface area contributed by atoms with Crippen LogP contribution < -0.4 is 4.74 Å². The van der Waals surface area contributed by atoms with E-state index in [0.717, 1.165) is 36.7 Å². The fraction of sp³-hybridized carbons (Fsp3) is 0.667. The van der Waals surface area contributed by atoms with Crippen LogP contribution in [0.15, 0.2) is 6.07 Å². The molecule has 2 bridgehead atoms. The number of methoxy groups -OCH3 is 1. The van der Waals surface area contributed by atoms with Gasteiger partial charge in [-0.15, -0.1) is 0 Å². The topological polar surface area (TPSA) is 65.0 Å². The van der Waals surface area contributed by atoms with Gasteiger partial charge >= 0.3 is 0 Å². The van der Waals surface area contributed by atoms with E-state index in [-0.39, 0.29) is 23.0 Å². The van der Waals surface area contributed by atoms with E-state index in [1.807, 2.05) is 19.9 Å². The molecule has 5 heteroatoms. The average molecular weight is 360 g/mol. The van der Waals surface area contributed by atoms with Gasteiger partial charge in [0.1, 0.15) is 0 Å². The molecule has 4 rings (SSSR count). The smallest absolute Gasteiger partial charge is 0.207 e. The molecule has 1 aromatic carbocycles. The molecule has 0 unspecified atom stereocenters. The number of phenols is 1. The molecule has 26 heavy (non-hydrogen) atoms. The number of hydrogen-bond acceptors (Lipinski definition) is 5. The molecular formula is C21H28O5. The summed E-state index contributed by atoms with van der Waals surface area (Å²) in [5.41, 5.74) is 1.59. The number of rotatable bonds is 3. The van der Waals surface area contributed by atoms with Crippen LogP contribution in [0.2, 0.25) is 0 Å². The van der Waals surface area contributed by atoms with Gasteiger partial charge in [0.25, 0.3) is 0 Å². The maximum atomic E-state index is 12.0. The lowest BCUT2D eigenvalue weighted by molar-refractivity contribution is -0.176. The summed E-state index contributed by atoms with van der Waals surface area (Å²) in [4.78, 5) is 12.0. The van der Waals surface area contributed by atoms with Crippen LogP contribution in [0, 0.1) is 11.3 Å². The first-order valence-corrected chi connectivity index (χ1v) is 9.48. The van der Waals surface area contributed by atoms with E-state index in [4.69, 9.17) is 14.2 Å². The number of carbonyl (C=O) groups is 1. The van der Waals surface area contributed by atoms with E-state index in [0.29, 0.717) is 11.3 Å². The highest BCUT2D eigenvalue weighted by atomic mass is 16.8. The number of ether oxygens (including phenoxy) is 3. The lowest BCUT2D eigenvalue weighted by Crippen LogP contribution is -2.55. The van der Waals surface area contributed by atoms with E-state index in [2.05, 4.69) is 13.8 Å². The first-order chi connectivity index (χ1) is 12.3. The summed E-state index contributed by atoms with van der Waals surface area (Å²) < 4.78 is 18.1. The summed E-state index contributed by atoms with van der Waals surface area (Å²) in [7, 11) is 1.64. The second kappa shape index (κ2) is 5.70. The maximum absolute atomic E-state index is 12.0. The fourth-order valence-corrected chi connectivity index (χ4v) is 5.73. The minimum absolute atomic E-state index is 0.0135. The molecule has 2 fully saturated rings. The predicted molar refractivity (Wildman–Crippen MR) is 96.7 cm³/mol. The highest BCUT2D eigenvalue weighted by Crippen LogP contribution is 2.66. The number of phenolic OH excluding ortho intramolecular Hbond substituents is 1. The molecule has 3 aliphatic rings. The summed E-state index contributed by atoms with van der Waals surface area (Å²) in [6, 6.07) is 1.81. The zero-order valence-electron chi connectivity index (χ0n) is 16.2. The quantitative estimate of drug-likeness (QED) is 0.822. The van der Waals surface area contributed by atoms with Gasteiger partial charge in [-0.3, -0.25) is 4.79 Å². The third-order valence-corrected chi connectivity index (χ3v) is 6.74. The molecular weight excluding hydrogens is 332 g/mol. The molecule has 1 saturated heterocycles. The van der Waals surface area contributed by atoms with Crippen LogP contribution in [-0.4, -0.2) is 31.1 Å². The fourth-order valence-electron chi connectivity index (χ4n) is 5.73. The highest BCUT2D eigenvalue weighted by molar-refractivity contribution is 5.83. The Morgan fingerprint density at radius 2 is 2.08 bits per heavy atom. The highest BCUT2D eigenvalue weighted by Gasteiger charge is 2.68. The Bertz CT molecular complexity index is 753. The minimum atomic E-state index is -0.485. The lowest BCUT2D eigenvalue weighted by atomic mass is 9.52. The average Bonchev–Trinajstić information content (AvgIpc) is 2.84. The zero-order valence-corrected chi connectivity index (χ0v) is 16.2. The van der Waals surface area contributed by atoms with Gasteiger partial charge in [-0.25, -0.2) is 0 Å². The van der Waals surface area contributed by atoms with E-state index in [1.54, 1.807) is 7.11 Å². The van der Waals surface area contributed by atoms with Crippen LogP contribution >= 0.6 is 0 Å². The zero-order chi connectivity index (χ0) is 18.9. The SMILES string of the molecule is CO[C@H]1O[C@@H]2Oc3c(O)c(C(C)C)cc(C=O)c3[C@]13CCCC(C)(C)[C@H]23. The molecule has 1 N–H and O–H groups in total. The third kappa shape index (κ3) is 2.07. The second-order valence-electron chi connectivity index (χ2n) is 8.93. The van der Waals surface area contributed by atoms with Gasteiger partial charge < -0.3 is 19.3 Å². The van der Waals surface area contributed by atoms with Crippen molar-refractivity contribution in [3.05, 3.63) is 22.8 Å². The third-order valence-electron chi connectivity index (χ3n) is 6.74. The van der Waals surface area contributed by atoms with Crippen LogP contribution in [0.5, 0.6) is 11.5 Å². The largest absolute Gasteiger partial charge is 0.504 e. The number of aromatic hydroxyl groups is 1. The summed E-state index contributed by atoms with van der Waals surface area (Å²) in [6.45, 7) is 8.45. The van der Waals surface area contributed by atoms with Crippen molar-refractivity contribution >= 4 is 6.29 Å². The number of carbonyl (C=O) groups excluding carboxylic acids is 1. The molecule has 4 atom stereocenters. The Labute approximate surface area is 154 Å². The van der Waals surface area contributed by atoms with Gasteiger partial charge in [0.15, 0.2) is 24.1 Å². The molecule has 1 saturated carbocycles. The number of fused-ring (bicyclic) bond motifs is 1. The minimum Gasteiger partial charge on any atom is -0.504 e. The van der Waals surface area contributed by atoms with Gasteiger partial charge in [0.2, 0.25) is 6.29 Å². The van der Waals surface area contributed by atoms with E-state index >= 15 is 0 Å². The molecule has 0 radical (unpaired) electrons.